The summed E-state index contributed by atoms with van der Waals surface area (Å²) in [6, 6.07) is 2.29. The Balaban J connectivity index is 2.15. The van der Waals surface area contributed by atoms with Crippen molar-refractivity contribution in [3.8, 4) is 0 Å². The van der Waals surface area contributed by atoms with Crippen molar-refractivity contribution in [2.75, 3.05) is 20.3 Å². The standard InChI is InChI=1S/C13H16N2O5/c1-8-10(12(16)20-7-6-18-2)11(15-13(17)14-8)9-4-3-5-19-9/h3-5,10-11H,1,6-7H2,2H3,(H2,14,15,17)/t10-,11-/m0/s1. The molecule has 7 heteroatoms. The highest BCUT2D eigenvalue weighted by molar-refractivity contribution is 5.85. The van der Waals surface area contributed by atoms with Gasteiger partial charge in [0.25, 0.3) is 0 Å². The zero-order valence-corrected chi connectivity index (χ0v) is 11.0. The van der Waals surface area contributed by atoms with Crippen LogP contribution in [0, 0.1) is 5.92 Å². The summed E-state index contributed by atoms with van der Waals surface area (Å²) in [6.45, 7) is 4.15. The Labute approximate surface area is 115 Å². The molecule has 0 saturated carbocycles. The van der Waals surface area contributed by atoms with E-state index in [1.807, 2.05) is 0 Å². The normalized spacial score (nSPS) is 22.1. The molecule has 0 aromatic carbocycles. The van der Waals surface area contributed by atoms with Crippen LogP contribution in [0.15, 0.2) is 35.1 Å². The van der Waals surface area contributed by atoms with Crippen molar-refractivity contribution in [2.24, 2.45) is 5.92 Å². The van der Waals surface area contributed by atoms with E-state index >= 15 is 0 Å². The molecule has 1 aromatic rings. The summed E-state index contributed by atoms with van der Waals surface area (Å²) in [5.41, 5.74) is 0.276. The number of rotatable bonds is 5. The van der Waals surface area contributed by atoms with Crippen molar-refractivity contribution in [3.05, 3.63) is 36.4 Å². The largest absolute Gasteiger partial charge is 0.467 e. The number of esters is 1. The summed E-state index contributed by atoms with van der Waals surface area (Å²) in [5, 5.41) is 5.11. The van der Waals surface area contributed by atoms with Gasteiger partial charge < -0.3 is 24.5 Å². The van der Waals surface area contributed by atoms with Gasteiger partial charge in [-0.25, -0.2) is 4.79 Å². The third-order valence-corrected chi connectivity index (χ3v) is 2.90. The van der Waals surface area contributed by atoms with Gasteiger partial charge in [0.05, 0.1) is 12.9 Å². The van der Waals surface area contributed by atoms with Gasteiger partial charge in [0.2, 0.25) is 0 Å². The number of hydrogen-bond donors (Lipinski definition) is 2. The molecule has 20 heavy (non-hydrogen) atoms. The van der Waals surface area contributed by atoms with Gasteiger partial charge in [-0.1, -0.05) is 6.58 Å². The molecule has 108 valence electrons. The molecule has 0 bridgehead atoms. The van der Waals surface area contributed by atoms with E-state index in [0.29, 0.717) is 12.4 Å². The molecule has 2 atom stereocenters. The zero-order valence-electron chi connectivity index (χ0n) is 11.0. The SMILES string of the molecule is C=C1NC(=O)N[C@@H](c2ccco2)[C@H]1C(=O)OCCOC. The number of furan rings is 1. The number of carbonyl (C=O) groups is 2. The van der Waals surface area contributed by atoms with Crippen LogP contribution in [0.4, 0.5) is 4.79 Å². The van der Waals surface area contributed by atoms with E-state index in [0.717, 1.165) is 0 Å². The van der Waals surface area contributed by atoms with Crippen LogP contribution < -0.4 is 10.6 Å². The van der Waals surface area contributed by atoms with E-state index in [9.17, 15) is 9.59 Å². The summed E-state index contributed by atoms with van der Waals surface area (Å²) >= 11 is 0. The Kier molecular flexibility index (Phi) is 4.41. The van der Waals surface area contributed by atoms with Gasteiger partial charge in [0.15, 0.2) is 0 Å². The fourth-order valence-corrected chi connectivity index (χ4v) is 1.98. The average Bonchev–Trinajstić information content (AvgIpc) is 2.91. The molecule has 0 spiro atoms. The number of carbonyl (C=O) groups excluding carboxylic acids is 2. The first-order chi connectivity index (χ1) is 9.63. The molecule has 1 aliphatic rings. The van der Waals surface area contributed by atoms with Crippen LogP contribution in [0.1, 0.15) is 11.8 Å². The van der Waals surface area contributed by atoms with Gasteiger partial charge in [0.1, 0.15) is 24.3 Å². The number of methoxy groups -OCH3 is 1. The van der Waals surface area contributed by atoms with Crippen LogP contribution in [-0.4, -0.2) is 32.3 Å². The second-order valence-electron chi connectivity index (χ2n) is 4.25. The van der Waals surface area contributed by atoms with Gasteiger partial charge in [-0.2, -0.15) is 0 Å². The Morgan fingerprint density at radius 2 is 2.30 bits per heavy atom. The lowest BCUT2D eigenvalue weighted by Gasteiger charge is -2.31. The minimum absolute atomic E-state index is 0.137. The Morgan fingerprint density at radius 3 is 2.95 bits per heavy atom. The molecule has 7 nitrogen and oxygen atoms in total. The lowest BCUT2D eigenvalue weighted by Crippen LogP contribution is -2.51. The molecule has 1 saturated heterocycles. The smallest absolute Gasteiger partial charge is 0.319 e. The quantitative estimate of drug-likeness (QED) is 0.619. The molecular weight excluding hydrogens is 264 g/mol. The number of hydrogen-bond acceptors (Lipinski definition) is 5. The lowest BCUT2D eigenvalue weighted by molar-refractivity contribution is -0.149. The van der Waals surface area contributed by atoms with Gasteiger partial charge in [-0.15, -0.1) is 0 Å². The Morgan fingerprint density at radius 1 is 1.50 bits per heavy atom. The van der Waals surface area contributed by atoms with Gasteiger partial charge in [0, 0.05) is 12.8 Å². The van der Waals surface area contributed by atoms with Crippen LogP contribution in [0.2, 0.25) is 0 Å². The summed E-state index contributed by atoms with van der Waals surface area (Å²) in [6.07, 6.45) is 1.47. The van der Waals surface area contributed by atoms with E-state index < -0.39 is 24.0 Å². The highest BCUT2D eigenvalue weighted by Crippen LogP contribution is 2.30. The molecule has 1 fully saturated rings. The maximum absolute atomic E-state index is 12.1. The summed E-state index contributed by atoms with van der Waals surface area (Å²) in [5.74, 6) is -0.786. The monoisotopic (exact) mass is 280 g/mol. The predicted octanol–water partition coefficient (Wildman–Crippen LogP) is 0.953. The molecule has 2 heterocycles. The first-order valence-corrected chi connectivity index (χ1v) is 6.08. The fourth-order valence-electron chi connectivity index (χ4n) is 1.98. The molecular formula is C13H16N2O5. The molecule has 1 aliphatic heterocycles. The van der Waals surface area contributed by atoms with Crippen molar-refractivity contribution in [1.82, 2.24) is 10.6 Å². The van der Waals surface area contributed by atoms with E-state index in [2.05, 4.69) is 17.2 Å². The number of amides is 2. The first kappa shape index (κ1) is 14.1. The summed E-state index contributed by atoms with van der Waals surface area (Å²) in [7, 11) is 1.51. The summed E-state index contributed by atoms with van der Waals surface area (Å²) in [4.78, 5) is 23.6. The van der Waals surface area contributed by atoms with Crippen molar-refractivity contribution in [1.29, 1.82) is 0 Å². The molecule has 0 aliphatic carbocycles. The molecule has 1 aromatic heterocycles. The highest BCUT2D eigenvalue weighted by atomic mass is 16.6. The van der Waals surface area contributed by atoms with Gasteiger partial charge in [-0.3, -0.25) is 4.79 Å². The lowest BCUT2D eigenvalue weighted by atomic mass is 9.93. The molecule has 2 rings (SSSR count). The molecule has 2 amide bonds. The minimum Gasteiger partial charge on any atom is -0.467 e. The second-order valence-corrected chi connectivity index (χ2v) is 4.25. The van der Waals surface area contributed by atoms with Crippen molar-refractivity contribution in [3.63, 3.8) is 0 Å². The minimum atomic E-state index is -0.754. The van der Waals surface area contributed by atoms with E-state index in [1.165, 1.54) is 13.4 Å². The Hall–Kier alpha value is -2.28. The molecule has 0 radical (unpaired) electrons. The predicted molar refractivity (Wildman–Crippen MR) is 68.6 cm³/mol. The van der Waals surface area contributed by atoms with Crippen molar-refractivity contribution < 1.29 is 23.5 Å². The van der Waals surface area contributed by atoms with Crippen LogP contribution in [0.3, 0.4) is 0 Å². The van der Waals surface area contributed by atoms with Crippen LogP contribution >= 0.6 is 0 Å². The average molecular weight is 280 g/mol. The van der Waals surface area contributed by atoms with E-state index in [-0.39, 0.29) is 12.3 Å². The number of nitrogens with one attached hydrogen (secondary N) is 2. The van der Waals surface area contributed by atoms with E-state index in [1.54, 1.807) is 12.1 Å². The van der Waals surface area contributed by atoms with Crippen molar-refractivity contribution >= 4 is 12.0 Å². The maximum Gasteiger partial charge on any atom is 0.319 e. The third kappa shape index (κ3) is 3.00. The third-order valence-electron chi connectivity index (χ3n) is 2.90. The number of ether oxygens (including phenoxy) is 2. The molecule has 2 N–H and O–H groups in total. The zero-order chi connectivity index (χ0) is 14.5. The molecule has 0 unspecified atom stereocenters. The van der Waals surface area contributed by atoms with E-state index in [4.69, 9.17) is 13.9 Å². The van der Waals surface area contributed by atoms with Crippen LogP contribution in [-0.2, 0) is 14.3 Å². The highest BCUT2D eigenvalue weighted by Gasteiger charge is 2.40. The second kappa shape index (κ2) is 6.25. The Bertz CT molecular complexity index is 497. The fraction of sp³-hybridized carbons (Fsp3) is 0.385. The first-order valence-electron chi connectivity index (χ1n) is 6.08. The topological polar surface area (TPSA) is 89.8 Å². The van der Waals surface area contributed by atoms with Crippen LogP contribution in [0.25, 0.3) is 0 Å². The van der Waals surface area contributed by atoms with Crippen molar-refractivity contribution in [2.45, 2.75) is 6.04 Å². The number of urea groups is 1. The van der Waals surface area contributed by atoms with Gasteiger partial charge in [-0.05, 0) is 12.1 Å². The van der Waals surface area contributed by atoms with Gasteiger partial charge >= 0.3 is 12.0 Å². The van der Waals surface area contributed by atoms with Crippen LogP contribution in [0.5, 0.6) is 0 Å². The summed E-state index contributed by atoms with van der Waals surface area (Å²) < 4.78 is 15.2. The maximum atomic E-state index is 12.1.